The first-order chi connectivity index (χ1) is 12.5. The van der Waals surface area contributed by atoms with Crippen LogP contribution in [0.5, 0.6) is 0 Å². The minimum atomic E-state index is -0.762. The zero-order valence-corrected chi connectivity index (χ0v) is 15.2. The van der Waals surface area contributed by atoms with Crippen molar-refractivity contribution in [3.05, 3.63) is 60.7 Å². The number of thioether (sulfide) groups is 1. The van der Waals surface area contributed by atoms with Gasteiger partial charge in [-0.25, -0.2) is 4.90 Å². The molecule has 2 N–H and O–H groups in total. The Bertz CT molecular complexity index is 843. The van der Waals surface area contributed by atoms with E-state index in [0.717, 1.165) is 22.3 Å². The van der Waals surface area contributed by atoms with E-state index in [1.54, 1.807) is 30.3 Å². The van der Waals surface area contributed by atoms with Gasteiger partial charge in [0.2, 0.25) is 11.8 Å². The van der Waals surface area contributed by atoms with E-state index in [1.807, 2.05) is 30.3 Å². The Kier molecular flexibility index (Phi) is 5.65. The summed E-state index contributed by atoms with van der Waals surface area (Å²) in [5, 5.41) is 4.41. The maximum absolute atomic E-state index is 12.5. The van der Waals surface area contributed by atoms with Gasteiger partial charge in [-0.3, -0.25) is 14.4 Å². The van der Waals surface area contributed by atoms with E-state index in [2.05, 4.69) is 10.6 Å². The molecule has 3 amide bonds. The third-order valence-corrected chi connectivity index (χ3v) is 4.83. The Balaban J connectivity index is 1.57. The molecule has 132 valence electrons. The fourth-order valence-corrected chi connectivity index (χ4v) is 3.64. The number of amides is 3. The second-order valence-corrected chi connectivity index (χ2v) is 7.02. The molecule has 0 aliphatic carbocycles. The first-order valence-corrected chi connectivity index (χ1v) is 9.09. The predicted molar refractivity (Wildman–Crippen MR) is 106 cm³/mol. The molecule has 0 spiro atoms. The molecule has 1 fully saturated rings. The number of carbonyl (C=O) groups is 3. The Labute approximate surface area is 159 Å². The van der Waals surface area contributed by atoms with Crippen molar-refractivity contribution in [2.75, 3.05) is 10.2 Å². The molecule has 3 rings (SSSR count). The summed E-state index contributed by atoms with van der Waals surface area (Å²) in [5.74, 6) is -0.824. The number of rotatable bonds is 4. The van der Waals surface area contributed by atoms with Crippen LogP contribution in [0.1, 0.15) is 6.42 Å². The smallest absolute Gasteiger partial charge is 0.293 e. The average Bonchev–Trinajstić information content (AvgIpc) is 2.89. The number of carbonyl (C=O) groups excluding carboxylic acids is 3. The van der Waals surface area contributed by atoms with E-state index < -0.39 is 17.1 Å². The second kappa shape index (κ2) is 8.11. The van der Waals surface area contributed by atoms with Gasteiger partial charge in [-0.2, -0.15) is 0 Å². The second-order valence-electron chi connectivity index (χ2n) is 5.45. The number of benzene rings is 2. The lowest BCUT2D eigenvalue weighted by Crippen LogP contribution is -2.38. The first-order valence-electron chi connectivity index (χ1n) is 7.80. The summed E-state index contributed by atoms with van der Waals surface area (Å²) >= 11 is 5.94. The van der Waals surface area contributed by atoms with E-state index in [-0.39, 0.29) is 16.8 Å². The van der Waals surface area contributed by atoms with Gasteiger partial charge in [0.25, 0.3) is 5.24 Å². The topological polar surface area (TPSA) is 78.5 Å². The molecule has 2 aromatic rings. The van der Waals surface area contributed by atoms with Crippen molar-refractivity contribution in [2.45, 2.75) is 11.7 Å². The SMILES string of the molecule is O=C(C[C@H]1SC(=O)N(c2ccccc2)C1=O)NC(=S)Nc1ccccc1. The lowest BCUT2D eigenvalue weighted by atomic mass is 10.2. The van der Waals surface area contributed by atoms with E-state index in [0.29, 0.717) is 5.69 Å². The summed E-state index contributed by atoms with van der Waals surface area (Å²) in [6.07, 6.45) is -0.130. The number of imide groups is 1. The third-order valence-electron chi connectivity index (χ3n) is 3.59. The normalized spacial score (nSPS) is 16.5. The van der Waals surface area contributed by atoms with E-state index >= 15 is 0 Å². The molecule has 1 saturated heterocycles. The molecule has 2 aromatic carbocycles. The summed E-state index contributed by atoms with van der Waals surface area (Å²) < 4.78 is 0. The van der Waals surface area contributed by atoms with Crippen LogP contribution in [0, 0.1) is 0 Å². The summed E-state index contributed by atoms with van der Waals surface area (Å²) in [6, 6.07) is 17.8. The average molecular weight is 385 g/mol. The van der Waals surface area contributed by atoms with E-state index in [4.69, 9.17) is 12.2 Å². The summed E-state index contributed by atoms with van der Waals surface area (Å²) in [7, 11) is 0. The van der Waals surface area contributed by atoms with E-state index in [9.17, 15) is 14.4 Å². The fraction of sp³-hybridized carbons (Fsp3) is 0.111. The number of nitrogens with zero attached hydrogens (tertiary/aromatic N) is 1. The number of para-hydroxylation sites is 2. The van der Waals surface area contributed by atoms with Crippen LogP contribution in [-0.4, -0.2) is 27.4 Å². The molecule has 6 nitrogen and oxygen atoms in total. The predicted octanol–water partition coefficient (Wildman–Crippen LogP) is 3.16. The van der Waals surface area contributed by atoms with Crippen LogP contribution in [0.4, 0.5) is 16.2 Å². The highest BCUT2D eigenvalue weighted by Gasteiger charge is 2.41. The van der Waals surface area contributed by atoms with Crippen LogP contribution in [0.2, 0.25) is 0 Å². The van der Waals surface area contributed by atoms with Crippen molar-refractivity contribution in [3.8, 4) is 0 Å². The molecule has 0 unspecified atom stereocenters. The minimum Gasteiger partial charge on any atom is -0.332 e. The van der Waals surface area contributed by atoms with Gasteiger partial charge in [0, 0.05) is 12.1 Å². The largest absolute Gasteiger partial charge is 0.332 e. The highest BCUT2D eigenvalue weighted by Crippen LogP contribution is 2.33. The molecule has 0 aromatic heterocycles. The van der Waals surface area contributed by atoms with Gasteiger partial charge in [0.1, 0.15) is 5.25 Å². The maximum atomic E-state index is 12.5. The van der Waals surface area contributed by atoms with Crippen LogP contribution in [0.25, 0.3) is 0 Å². The monoisotopic (exact) mass is 385 g/mol. The summed E-state index contributed by atoms with van der Waals surface area (Å²) in [4.78, 5) is 37.9. The number of hydrogen-bond acceptors (Lipinski definition) is 5. The molecule has 1 aliphatic heterocycles. The minimum absolute atomic E-state index is 0.130. The van der Waals surface area contributed by atoms with E-state index in [1.165, 1.54) is 0 Å². The van der Waals surface area contributed by atoms with Crippen molar-refractivity contribution in [1.82, 2.24) is 5.32 Å². The van der Waals surface area contributed by atoms with Crippen molar-refractivity contribution < 1.29 is 14.4 Å². The number of hydrogen-bond donors (Lipinski definition) is 2. The zero-order chi connectivity index (χ0) is 18.5. The molecule has 26 heavy (non-hydrogen) atoms. The van der Waals surface area contributed by atoms with Crippen LogP contribution in [-0.2, 0) is 9.59 Å². The Morgan fingerprint density at radius 1 is 1.04 bits per heavy atom. The van der Waals surface area contributed by atoms with Gasteiger partial charge in [0.05, 0.1) is 5.69 Å². The van der Waals surface area contributed by atoms with Crippen LogP contribution in [0.15, 0.2) is 60.7 Å². The zero-order valence-electron chi connectivity index (χ0n) is 13.5. The fourth-order valence-electron chi connectivity index (χ4n) is 2.43. The third kappa shape index (κ3) is 4.27. The van der Waals surface area contributed by atoms with Gasteiger partial charge >= 0.3 is 0 Å². The van der Waals surface area contributed by atoms with Crippen molar-refractivity contribution in [3.63, 3.8) is 0 Å². The molecule has 0 radical (unpaired) electrons. The molecule has 1 heterocycles. The molecular weight excluding hydrogens is 370 g/mol. The molecule has 0 saturated carbocycles. The lowest BCUT2D eigenvalue weighted by Gasteiger charge is -2.14. The number of nitrogens with one attached hydrogen (secondary N) is 2. The molecule has 0 bridgehead atoms. The van der Waals surface area contributed by atoms with Gasteiger partial charge in [-0.1, -0.05) is 36.4 Å². The molecular formula is C18H15N3O3S2. The molecule has 1 aliphatic rings. The highest BCUT2D eigenvalue weighted by atomic mass is 32.2. The van der Waals surface area contributed by atoms with Crippen LogP contribution >= 0.6 is 24.0 Å². The van der Waals surface area contributed by atoms with Crippen LogP contribution < -0.4 is 15.5 Å². The Hall–Kier alpha value is -2.71. The van der Waals surface area contributed by atoms with Gasteiger partial charge in [0.15, 0.2) is 5.11 Å². The summed E-state index contributed by atoms with van der Waals surface area (Å²) in [6.45, 7) is 0. The van der Waals surface area contributed by atoms with Gasteiger partial charge in [-0.15, -0.1) is 0 Å². The van der Waals surface area contributed by atoms with Crippen molar-refractivity contribution in [2.24, 2.45) is 0 Å². The van der Waals surface area contributed by atoms with Crippen molar-refractivity contribution in [1.29, 1.82) is 0 Å². The Morgan fingerprint density at radius 3 is 2.31 bits per heavy atom. The van der Waals surface area contributed by atoms with Crippen LogP contribution in [0.3, 0.4) is 0 Å². The Morgan fingerprint density at radius 2 is 1.65 bits per heavy atom. The maximum Gasteiger partial charge on any atom is 0.293 e. The highest BCUT2D eigenvalue weighted by molar-refractivity contribution is 8.15. The van der Waals surface area contributed by atoms with Gasteiger partial charge in [-0.05, 0) is 48.2 Å². The van der Waals surface area contributed by atoms with Crippen molar-refractivity contribution >= 4 is 57.5 Å². The van der Waals surface area contributed by atoms with Gasteiger partial charge < -0.3 is 10.6 Å². The first kappa shape index (κ1) is 18.1. The standard InChI is InChI=1S/C18H15N3O3S2/c22-15(20-17(25)19-12-7-3-1-4-8-12)11-14-16(23)21(18(24)26-14)13-9-5-2-6-10-13/h1-10,14H,11H2,(H2,19,20,22,25)/t14-/m1/s1. The molecule has 8 heteroatoms. The molecule has 1 atom stereocenters. The number of anilines is 2. The summed E-state index contributed by atoms with van der Waals surface area (Å²) in [5.41, 5.74) is 1.24. The number of thiocarbonyl (C=S) groups is 1. The quantitative estimate of drug-likeness (QED) is 0.787. The lowest BCUT2D eigenvalue weighted by molar-refractivity contribution is -0.123.